The Hall–Kier alpha value is -2.67. The summed E-state index contributed by atoms with van der Waals surface area (Å²) in [6, 6.07) is 14.0. The van der Waals surface area contributed by atoms with Gasteiger partial charge < -0.3 is 4.74 Å². The number of ether oxygens (including phenoxy) is 1. The van der Waals surface area contributed by atoms with Crippen molar-refractivity contribution >= 4 is 17.7 Å². The molecule has 0 atom stereocenters. The maximum absolute atomic E-state index is 11.6. The van der Waals surface area contributed by atoms with Crippen LogP contribution < -0.4 is 0 Å². The normalized spacial score (nSPS) is 10.7. The summed E-state index contributed by atoms with van der Waals surface area (Å²) >= 11 is 1.51. The van der Waals surface area contributed by atoms with E-state index >= 15 is 0 Å². The number of pyridine rings is 1. The highest BCUT2D eigenvalue weighted by molar-refractivity contribution is 7.99. The molecule has 1 aromatic carbocycles. The lowest BCUT2D eigenvalue weighted by atomic mass is 10.2. The highest BCUT2D eigenvalue weighted by Crippen LogP contribution is 2.25. The van der Waals surface area contributed by atoms with Gasteiger partial charge in [0.05, 0.1) is 19.6 Å². The minimum atomic E-state index is -0.191. The van der Waals surface area contributed by atoms with Gasteiger partial charge in [0, 0.05) is 23.7 Å². The standard InChI is InChI=1S/C19H20N4O2S/c1-2-25-17(24)10-13-26-19-22-21-18(16-8-11-20-12-9-16)23(19)14-15-6-4-3-5-7-15/h3-9,11-12H,2,10,13-14H2,1H3. The molecule has 0 unspecified atom stereocenters. The lowest BCUT2D eigenvalue weighted by Crippen LogP contribution is -2.07. The number of rotatable bonds is 8. The third kappa shape index (κ3) is 4.70. The summed E-state index contributed by atoms with van der Waals surface area (Å²) in [5.41, 5.74) is 2.12. The van der Waals surface area contributed by atoms with Gasteiger partial charge in [-0.05, 0) is 24.6 Å². The predicted molar refractivity (Wildman–Crippen MR) is 101 cm³/mol. The van der Waals surface area contributed by atoms with E-state index in [-0.39, 0.29) is 5.97 Å². The zero-order valence-corrected chi connectivity index (χ0v) is 15.4. The third-order valence-corrected chi connectivity index (χ3v) is 4.65. The molecule has 26 heavy (non-hydrogen) atoms. The summed E-state index contributed by atoms with van der Waals surface area (Å²) in [6.07, 6.45) is 3.83. The first-order valence-corrected chi connectivity index (χ1v) is 9.42. The molecule has 0 aliphatic rings. The van der Waals surface area contributed by atoms with Crippen LogP contribution in [0.5, 0.6) is 0 Å². The van der Waals surface area contributed by atoms with E-state index in [1.165, 1.54) is 11.8 Å². The van der Waals surface area contributed by atoms with E-state index in [4.69, 9.17) is 4.74 Å². The van der Waals surface area contributed by atoms with Crippen molar-refractivity contribution in [2.75, 3.05) is 12.4 Å². The fourth-order valence-electron chi connectivity index (χ4n) is 2.48. The van der Waals surface area contributed by atoms with Gasteiger partial charge in [-0.15, -0.1) is 10.2 Å². The van der Waals surface area contributed by atoms with E-state index in [0.29, 0.717) is 25.3 Å². The summed E-state index contributed by atoms with van der Waals surface area (Å²) < 4.78 is 7.05. The Morgan fingerprint density at radius 1 is 1.12 bits per heavy atom. The highest BCUT2D eigenvalue weighted by atomic mass is 32.2. The Labute approximate surface area is 156 Å². The van der Waals surface area contributed by atoms with Crippen molar-refractivity contribution in [1.29, 1.82) is 0 Å². The van der Waals surface area contributed by atoms with Gasteiger partial charge in [-0.1, -0.05) is 42.1 Å². The van der Waals surface area contributed by atoms with Crippen LogP contribution in [0.25, 0.3) is 11.4 Å². The summed E-state index contributed by atoms with van der Waals surface area (Å²) in [5.74, 6) is 1.20. The third-order valence-electron chi connectivity index (χ3n) is 3.68. The molecule has 2 aromatic heterocycles. The zero-order valence-electron chi connectivity index (χ0n) is 14.5. The van der Waals surface area contributed by atoms with Crippen LogP contribution in [0.3, 0.4) is 0 Å². The minimum Gasteiger partial charge on any atom is -0.466 e. The van der Waals surface area contributed by atoms with Gasteiger partial charge in [-0.3, -0.25) is 14.3 Å². The molecule has 0 saturated carbocycles. The summed E-state index contributed by atoms with van der Waals surface area (Å²) in [5, 5.41) is 9.48. The topological polar surface area (TPSA) is 69.9 Å². The van der Waals surface area contributed by atoms with E-state index in [9.17, 15) is 4.79 Å². The summed E-state index contributed by atoms with van der Waals surface area (Å²) in [6.45, 7) is 2.87. The maximum Gasteiger partial charge on any atom is 0.306 e. The van der Waals surface area contributed by atoms with E-state index in [2.05, 4.69) is 31.9 Å². The van der Waals surface area contributed by atoms with Crippen molar-refractivity contribution in [3.05, 3.63) is 60.4 Å². The molecule has 6 nitrogen and oxygen atoms in total. The van der Waals surface area contributed by atoms with Crippen LogP contribution in [0.1, 0.15) is 18.9 Å². The van der Waals surface area contributed by atoms with Crippen LogP contribution in [0.4, 0.5) is 0 Å². The highest BCUT2D eigenvalue weighted by Gasteiger charge is 2.15. The van der Waals surface area contributed by atoms with Crippen molar-refractivity contribution in [3.63, 3.8) is 0 Å². The van der Waals surface area contributed by atoms with Gasteiger partial charge in [0.25, 0.3) is 0 Å². The number of carbonyl (C=O) groups is 1. The Balaban J connectivity index is 1.82. The van der Waals surface area contributed by atoms with Gasteiger partial charge in [0.2, 0.25) is 0 Å². The van der Waals surface area contributed by atoms with E-state index in [1.807, 2.05) is 37.3 Å². The quantitative estimate of drug-likeness (QED) is 0.448. The Morgan fingerprint density at radius 2 is 1.88 bits per heavy atom. The molecule has 3 aromatic rings. The molecular weight excluding hydrogens is 348 g/mol. The number of esters is 1. The van der Waals surface area contributed by atoms with Crippen molar-refractivity contribution in [1.82, 2.24) is 19.7 Å². The number of hydrogen-bond acceptors (Lipinski definition) is 6. The van der Waals surface area contributed by atoms with E-state index in [1.54, 1.807) is 12.4 Å². The van der Waals surface area contributed by atoms with Gasteiger partial charge in [-0.2, -0.15) is 0 Å². The minimum absolute atomic E-state index is 0.191. The molecule has 0 N–H and O–H groups in total. The number of benzene rings is 1. The molecule has 0 bridgehead atoms. The monoisotopic (exact) mass is 368 g/mol. The van der Waals surface area contributed by atoms with Gasteiger partial charge in [-0.25, -0.2) is 0 Å². The Kier molecular flexibility index (Phi) is 6.38. The number of nitrogens with zero attached hydrogens (tertiary/aromatic N) is 4. The molecular formula is C19H20N4O2S. The fraction of sp³-hybridized carbons (Fsp3) is 0.263. The number of aromatic nitrogens is 4. The maximum atomic E-state index is 11.6. The molecule has 0 spiro atoms. The van der Waals surface area contributed by atoms with Crippen LogP contribution in [-0.4, -0.2) is 38.1 Å². The summed E-state index contributed by atoms with van der Waals surface area (Å²) in [7, 11) is 0. The first-order chi connectivity index (χ1) is 12.8. The molecule has 0 saturated heterocycles. The zero-order chi connectivity index (χ0) is 18.2. The second kappa shape index (κ2) is 9.15. The first-order valence-electron chi connectivity index (χ1n) is 8.44. The van der Waals surface area contributed by atoms with Gasteiger partial charge >= 0.3 is 5.97 Å². The average Bonchev–Trinajstić information content (AvgIpc) is 3.06. The first kappa shape index (κ1) is 18.1. The lowest BCUT2D eigenvalue weighted by molar-refractivity contribution is -0.142. The number of thioether (sulfide) groups is 1. The van der Waals surface area contributed by atoms with Crippen molar-refractivity contribution < 1.29 is 9.53 Å². The molecule has 7 heteroatoms. The second-order valence-corrected chi connectivity index (χ2v) is 6.58. The van der Waals surface area contributed by atoms with Gasteiger partial charge in [0.1, 0.15) is 0 Å². The molecule has 0 aliphatic carbocycles. The largest absolute Gasteiger partial charge is 0.466 e. The van der Waals surface area contributed by atoms with E-state index in [0.717, 1.165) is 22.1 Å². The molecule has 134 valence electrons. The summed E-state index contributed by atoms with van der Waals surface area (Å²) in [4.78, 5) is 15.6. The molecule has 3 rings (SSSR count). The van der Waals surface area contributed by atoms with Gasteiger partial charge in [0.15, 0.2) is 11.0 Å². The van der Waals surface area contributed by atoms with Crippen molar-refractivity contribution in [2.24, 2.45) is 0 Å². The number of hydrogen-bond donors (Lipinski definition) is 0. The fourth-order valence-corrected chi connectivity index (χ4v) is 3.33. The molecule has 2 heterocycles. The molecule has 0 amide bonds. The SMILES string of the molecule is CCOC(=O)CCSc1nnc(-c2ccncc2)n1Cc1ccccc1. The number of carbonyl (C=O) groups excluding carboxylic acids is 1. The van der Waals surface area contributed by atoms with Crippen LogP contribution >= 0.6 is 11.8 Å². The van der Waals surface area contributed by atoms with Crippen LogP contribution in [0.15, 0.2) is 60.0 Å². The van der Waals surface area contributed by atoms with Crippen LogP contribution in [-0.2, 0) is 16.1 Å². The Bertz CT molecular complexity index is 837. The van der Waals surface area contributed by atoms with Crippen molar-refractivity contribution in [3.8, 4) is 11.4 Å². The average molecular weight is 368 g/mol. The lowest BCUT2D eigenvalue weighted by Gasteiger charge is -2.10. The molecule has 0 aliphatic heterocycles. The van der Waals surface area contributed by atoms with Crippen LogP contribution in [0.2, 0.25) is 0 Å². The molecule has 0 fully saturated rings. The second-order valence-electron chi connectivity index (χ2n) is 5.52. The predicted octanol–water partition coefficient (Wildman–Crippen LogP) is 3.43. The molecule has 0 radical (unpaired) electrons. The van der Waals surface area contributed by atoms with E-state index < -0.39 is 0 Å². The van der Waals surface area contributed by atoms with Crippen molar-refractivity contribution in [2.45, 2.75) is 25.0 Å². The Morgan fingerprint density at radius 3 is 2.62 bits per heavy atom. The smallest absolute Gasteiger partial charge is 0.306 e. The van der Waals surface area contributed by atoms with Crippen LogP contribution in [0, 0.1) is 0 Å².